The molecule has 0 radical (unpaired) electrons. The van der Waals surface area contributed by atoms with Crippen molar-refractivity contribution >= 4 is 10.9 Å². The van der Waals surface area contributed by atoms with Gasteiger partial charge < -0.3 is 4.57 Å². The molecule has 84 valence electrons. The molecule has 0 N–H and O–H groups in total. The Bertz CT molecular complexity index is 566. The molecule has 2 nitrogen and oxygen atoms in total. The lowest BCUT2D eigenvalue weighted by atomic mass is 10.1. The normalized spacial score (nSPS) is 11.2. The van der Waals surface area contributed by atoms with Crippen molar-refractivity contribution in [1.82, 2.24) is 4.57 Å². The van der Waals surface area contributed by atoms with Crippen LogP contribution in [-0.4, -0.2) is 4.57 Å². The summed E-state index contributed by atoms with van der Waals surface area (Å²) in [4.78, 5) is 11.9. The van der Waals surface area contributed by atoms with Gasteiger partial charge in [-0.2, -0.15) is 0 Å². The van der Waals surface area contributed by atoms with Crippen molar-refractivity contribution in [2.24, 2.45) is 13.0 Å². The number of aromatic nitrogens is 1. The highest BCUT2D eigenvalue weighted by atomic mass is 16.1. The third-order valence-electron chi connectivity index (χ3n) is 2.88. The summed E-state index contributed by atoms with van der Waals surface area (Å²) in [6.07, 6.45) is 0.941. The number of para-hydroxylation sites is 1. The highest BCUT2D eigenvalue weighted by Gasteiger charge is 2.06. The lowest BCUT2D eigenvalue weighted by Gasteiger charge is -2.13. The van der Waals surface area contributed by atoms with Crippen molar-refractivity contribution in [2.45, 2.75) is 20.3 Å². The largest absolute Gasteiger partial charge is 0.347 e. The van der Waals surface area contributed by atoms with E-state index in [1.165, 1.54) is 0 Å². The molecule has 0 saturated heterocycles. The Labute approximate surface area is 95.5 Å². The number of hydrogen-bond acceptors (Lipinski definition) is 1. The first-order valence-electron chi connectivity index (χ1n) is 5.67. The SMILES string of the molecule is CC(C)Cc1cc(=O)c2ccccc2n1C. The molecule has 0 aliphatic heterocycles. The summed E-state index contributed by atoms with van der Waals surface area (Å²) < 4.78 is 2.12. The maximum atomic E-state index is 11.9. The predicted octanol–water partition coefficient (Wildman–Crippen LogP) is 2.74. The van der Waals surface area contributed by atoms with E-state index in [0.29, 0.717) is 5.92 Å². The number of nitrogens with zero attached hydrogens (tertiary/aromatic N) is 1. The Morgan fingerprint density at radius 1 is 1.25 bits per heavy atom. The molecule has 2 rings (SSSR count). The zero-order chi connectivity index (χ0) is 11.7. The molecule has 0 aliphatic rings. The number of pyridine rings is 1. The molecule has 2 aromatic rings. The highest BCUT2D eigenvalue weighted by Crippen LogP contribution is 2.13. The molecule has 2 heteroatoms. The van der Waals surface area contributed by atoms with Crippen LogP contribution in [0.25, 0.3) is 10.9 Å². The van der Waals surface area contributed by atoms with Crippen molar-refractivity contribution in [1.29, 1.82) is 0 Å². The molecule has 1 aromatic carbocycles. The van der Waals surface area contributed by atoms with Gasteiger partial charge in [0.15, 0.2) is 5.43 Å². The number of aryl methyl sites for hydroxylation is 1. The third kappa shape index (κ3) is 1.87. The summed E-state index contributed by atoms with van der Waals surface area (Å²) in [5.74, 6) is 0.562. The minimum Gasteiger partial charge on any atom is -0.347 e. The van der Waals surface area contributed by atoms with E-state index in [-0.39, 0.29) is 5.43 Å². The van der Waals surface area contributed by atoms with Crippen LogP contribution in [0.1, 0.15) is 19.5 Å². The quantitative estimate of drug-likeness (QED) is 0.755. The summed E-state index contributed by atoms with van der Waals surface area (Å²) in [6.45, 7) is 4.33. The van der Waals surface area contributed by atoms with Gasteiger partial charge in [0, 0.05) is 24.2 Å². The molecule has 0 atom stereocenters. The zero-order valence-electron chi connectivity index (χ0n) is 10.0. The van der Waals surface area contributed by atoms with E-state index in [2.05, 4.69) is 18.4 Å². The van der Waals surface area contributed by atoms with Crippen LogP contribution in [0.3, 0.4) is 0 Å². The summed E-state index contributed by atoms with van der Waals surface area (Å²) in [5.41, 5.74) is 2.26. The summed E-state index contributed by atoms with van der Waals surface area (Å²) >= 11 is 0. The smallest absolute Gasteiger partial charge is 0.189 e. The average molecular weight is 215 g/mol. The minimum atomic E-state index is 0.129. The molecule has 1 heterocycles. The van der Waals surface area contributed by atoms with Crippen molar-refractivity contribution in [3.63, 3.8) is 0 Å². The maximum absolute atomic E-state index is 11.9. The Kier molecular flexibility index (Phi) is 2.82. The van der Waals surface area contributed by atoms with E-state index >= 15 is 0 Å². The van der Waals surface area contributed by atoms with Crippen LogP contribution < -0.4 is 5.43 Å². The number of benzene rings is 1. The Balaban J connectivity index is 2.70. The van der Waals surface area contributed by atoms with Gasteiger partial charge in [-0.05, 0) is 24.5 Å². The first-order chi connectivity index (χ1) is 7.59. The molecule has 0 spiro atoms. The molecule has 0 unspecified atom stereocenters. The number of rotatable bonds is 2. The van der Waals surface area contributed by atoms with Gasteiger partial charge in [-0.15, -0.1) is 0 Å². The molecular formula is C14H17NO. The van der Waals surface area contributed by atoms with E-state index in [9.17, 15) is 4.79 Å². The lowest BCUT2D eigenvalue weighted by Crippen LogP contribution is -2.13. The van der Waals surface area contributed by atoms with Gasteiger partial charge in [0.2, 0.25) is 0 Å². The molecule has 0 fully saturated rings. The molecule has 0 aliphatic carbocycles. The van der Waals surface area contributed by atoms with Gasteiger partial charge in [-0.25, -0.2) is 0 Å². The fourth-order valence-corrected chi connectivity index (χ4v) is 2.07. The Hall–Kier alpha value is -1.57. The van der Waals surface area contributed by atoms with Gasteiger partial charge in [0.1, 0.15) is 0 Å². The van der Waals surface area contributed by atoms with Gasteiger partial charge in [-0.3, -0.25) is 4.79 Å². The van der Waals surface area contributed by atoms with Crippen molar-refractivity contribution in [3.8, 4) is 0 Å². The van der Waals surface area contributed by atoms with Gasteiger partial charge in [0.05, 0.1) is 5.52 Å². The van der Waals surface area contributed by atoms with Crippen LogP contribution in [-0.2, 0) is 13.5 Å². The molecule has 0 saturated carbocycles. The first kappa shape index (κ1) is 10.9. The molecule has 0 amide bonds. The van der Waals surface area contributed by atoms with E-state index in [1.807, 2.05) is 31.3 Å². The predicted molar refractivity (Wildman–Crippen MR) is 67.7 cm³/mol. The van der Waals surface area contributed by atoms with E-state index < -0.39 is 0 Å². The van der Waals surface area contributed by atoms with Gasteiger partial charge >= 0.3 is 0 Å². The Morgan fingerprint density at radius 2 is 1.94 bits per heavy atom. The topological polar surface area (TPSA) is 22.0 Å². The van der Waals surface area contributed by atoms with Crippen molar-refractivity contribution in [3.05, 3.63) is 46.2 Å². The van der Waals surface area contributed by atoms with Crippen LogP contribution >= 0.6 is 0 Å². The second-order valence-electron chi connectivity index (χ2n) is 4.67. The van der Waals surface area contributed by atoms with E-state index in [1.54, 1.807) is 6.07 Å². The maximum Gasteiger partial charge on any atom is 0.189 e. The van der Waals surface area contributed by atoms with Gasteiger partial charge in [0.25, 0.3) is 0 Å². The fraction of sp³-hybridized carbons (Fsp3) is 0.357. The monoisotopic (exact) mass is 215 g/mol. The second kappa shape index (κ2) is 4.12. The number of fused-ring (bicyclic) bond motifs is 1. The average Bonchev–Trinajstić information content (AvgIpc) is 2.25. The second-order valence-corrected chi connectivity index (χ2v) is 4.67. The standard InChI is InChI=1S/C14H17NO/c1-10(2)8-11-9-14(16)12-6-4-5-7-13(12)15(11)3/h4-7,9-10H,8H2,1-3H3. The minimum absolute atomic E-state index is 0.129. The number of hydrogen-bond donors (Lipinski definition) is 0. The van der Waals surface area contributed by atoms with Crippen LogP contribution in [0.4, 0.5) is 0 Å². The summed E-state index contributed by atoms with van der Waals surface area (Å²) in [6, 6.07) is 9.53. The highest BCUT2D eigenvalue weighted by molar-refractivity contribution is 5.79. The van der Waals surface area contributed by atoms with Crippen molar-refractivity contribution in [2.75, 3.05) is 0 Å². The molecule has 16 heavy (non-hydrogen) atoms. The fourth-order valence-electron chi connectivity index (χ4n) is 2.07. The Morgan fingerprint density at radius 3 is 2.62 bits per heavy atom. The molecule has 0 bridgehead atoms. The first-order valence-corrected chi connectivity index (χ1v) is 5.67. The summed E-state index contributed by atoms with van der Waals surface area (Å²) in [7, 11) is 2.03. The molecular weight excluding hydrogens is 198 g/mol. The van der Waals surface area contributed by atoms with Crippen LogP contribution in [0.5, 0.6) is 0 Å². The summed E-state index contributed by atoms with van der Waals surface area (Å²) in [5, 5.41) is 0.803. The van der Waals surface area contributed by atoms with Crippen LogP contribution in [0.2, 0.25) is 0 Å². The van der Waals surface area contributed by atoms with Crippen LogP contribution in [0.15, 0.2) is 35.1 Å². The van der Waals surface area contributed by atoms with Crippen LogP contribution in [0, 0.1) is 5.92 Å². The van der Waals surface area contributed by atoms with Crippen molar-refractivity contribution < 1.29 is 0 Å². The van der Waals surface area contributed by atoms with Gasteiger partial charge in [-0.1, -0.05) is 26.0 Å². The lowest BCUT2D eigenvalue weighted by molar-refractivity contribution is 0.616. The zero-order valence-corrected chi connectivity index (χ0v) is 10.0. The third-order valence-corrected chi connectivity index (χ3v) is 2.88. The van der Waals surface area contributed by atoms with E-state index in [4.69, 9.17) is 0 Å². The van der Waals surface area contributed by atoms with E-state index in [0.717, 1.165) is 23.0 Å². The molecule has 1 aromatic heterocycles.